The van der Waals surface area contributed by atoms with E-state index < -0.39 is 8.01 Å². The number of nitrogens with two attached hydrogens (primary N) is 2. The molecule has 4 nitrogen and oxygen atoms in total. The van der Waals surface area contributed by atoms with E-state index in [2.05, 4.69) is 9.83 Å². The van der Waals surface area contributed by atoms with Gasteiger partial charge in [-0.1, -0.05) is 0 Å². The maximum absolute atomic E-state index is 5.42. The van der Waals surface area contributed by atoms with Gasteiger partial charge in [0, 0.05) is 7.05 Å². The molecule has 0 aliphatic carbocycles. The highest BCUT2D eigenvalue weighted by Crippen LogP contribution is 2.04. The summed E-state index contributed by atoms with van der Waals surface area (Å²) >= 11 is 0. The van der Waals surface area contributed by atoms with Gasteiger partial charge in [0.1, 0.15) is 0 Å². The number of nitrogens with one attached hydrogen (secondary N) is 1. The first-order valence-corrected chi connectivity index (χ1v) is 3.93. The summed E-state index contributed by atoms with van der Waals surface area (Å²) in [6, 6.07) is 0. The van der Waals surface area contributed by atoms with Crippen molar-refractivity contribution in [3.8, 4) is 0 Å². The molecule has 0 aromatic heterocycles. The van der Waals surface area contributed by atoms with Crippen molar-refractivity contribution in [3.05, 3.63) is 0 Å². The first-order valence-electron chi connectivity index (χ1n) is 2.41. The zero-order chi connectivity index (χ0) is 6.57. The summed E-state index contributed by atoms with van der Waals surface area (Å²) in [5.74, 6) is 0. The maximum atomic E-state index is 5.42. The van der Waals surface area contributed by atoms with Gasteiger partial charge in [0.25, 0.3) is 0 Å². The van der Waals surface area contributed by atoms with Crippen LogP contribution >= 0.6 is 8.01 Å². The van der Waals surface area contributed by atoms with Gasteiger partial charge in [-0.05, 0) is 6.92 Å². The molecule has 5 N–H and O–H groups in total. The standard InChI is InChI=1S/C3H13N4P/c1-3(4)7-8(5)6-2/h3,8H,4H2,1-2H3,(H3,5,6,7). The molecule has 0 aliphatic heterocycles. The van der Waals surface area contributed by atoms with Crippen LogP contribution < -0.4 is 16.3 Å². The molecule has 0 radical (unpaired) electrons. The number of nitrogens with zero attached hydrogens (tertiary/aromatic N) is 1. The summed E-state index contributed by atoms with van der Waals surface area (Å²) < 4.78 is 3.82. The molecule has 0 bridgehead atoms. The van der Waals surface area contributed by atoms with Crippen LogP contribution in [0.5, 0.6) is 0 Å². The second-order valence-electron chi connectivity index (χ2n) is 1.54. The van der Waals surface area contributed by atoms with Crippen molar-refractivity contribution in [2.75, 3.05) is 7.05 Å². The van der Waals surface area contributed by atoms with Gasteiger partial charge in [-0.15, -0.1) is 0 Å². The highest BCUT2D eigenvalue weighted by molar-refractivity contribution is 7.42. The number of rotatable bonds is 2. The highest BCUT2D eigenvalue weighted by Gasteiger charge is 1.89. The van der Waals surface area contributed by atoms with Gasteiger partial charge in [0.05, 0.1) is 14.2 Å². The fourth-order valence-electron chi connectivity index (χ4n) is 0.298. The third-order valence-corrected chi connectivity index (χ3v) is 1.85. The minimum Gasteiger partial charge on any atom is -0.316 e. The molecular formula is C3H13N4P. The normalized spacial score (nSPS) is 18.5. The number of hydrogen-bond donors (Lipinski definition) is 3. The first kappa shape index (κ1) is 8.11. The molecule has 0 heterocycles. The lowest BCUT2D eigenvalue weighted by Crippen LogP contribution is -2.29. The summed E-state index contributed by atoms with van der Waals surface area (Å²) in [5, 5.41) is 2.88. The van der Waals surface area contributed by atoms with Crippen LogP contribution in [0.2, 0.25) is 0 Å². The van der Waals surface area contributed by atoms with Crippen LogP contribution in [0.1, 0.15) is 6.92 Å². The second-order valence-corrected chi connectivity index (χ2v) is 3.05. The van der Waals surface area contributed by atoms with E-state index in [9.17, 15) is 0 Å². The fourth-order valence-corrected chi connectivity index (χ4v) is 0.893. The van der Waals surface area contributed by atoms with Crippen LogP contribution in [0.25, 0.3) is 0 Å². The molecule has 0 spiro atoms. The van der Waals surface area contributed by atoms with Crippen LogP contribution in [-0.4, -0.2) is 13.2 Å². The number of hydrogen-bond acceptors (Lipinski definition) is 2. The summed E-state index contributed by atoms with van der Waals surface area (Å²) in [6.07, 6.45) is -0.0439. The third kappa shape index (κ3) is 4.27. The molecule has 0 rings (SSSR count). The van der Waals surface area contributed by atoms with Crippen molar-refractivity contribution in [2.24, 2.45) is 16.0 Å². The molecule has 50 valence electrons. The highest BCUT2D eigenvalue weighted by atomic mass is 31.1. The molecule has 0 aromatic carbocycles. The summed E-state index contributed by atoms with van der Waals surface area (Å²) in [5.41, 5.74) is 10.8. The molecule has 2 atom stereocenters. The Balaban J connectivity index is 3.39. The third-order valence-electron chi connectivity index (χ3n) is 0.616. The van der Waals surface area contributed by atoms with Gasteiger partial charge >= 0.3 is 0 Å². The quantitative estimate of drug-likeness (QED) is 0.360. The Morgan fingerprint density at radius 2 is 2.25 bits per heavy atom. The van der Waals surface area contributed by atoms with Gasteiger partial charge in [-0.25, -0.2) is 0 Å². The molecule has 0 amide bonds. The van der Waals surface area contributed by atoms with Gasteiger partial charge in [-0.2, -0.15) is 0 Å². The SMILES string of the molecule is CN=[PH](N)NC(C)N. The molecule has 0 aromatic rings. The molecule has 0 aliphatic rings. The van der Waals surface area contributed by atoms with Crippen molar-refractivity contribution in [1.29, 1.82) is 0 Å². The fraction of sp³-hybridized carbons (Fsp3) is 1.00. The summed E-state index contributed by atoms with van der Waals surface area (Å²) in [6.45, 7) is 1.84. The zero-order valence-corrected chi connectivity index (χ0v) is 6.18. The minimum absolute atomic E-state index is 0.0439. The van der Waals surface area contributed by atoms with Crippen LogP contribution in [0.15, 0.2) is 4.74 Å². The van der Waals surface area contributed by atoms with E-state index in [1.54, 1.807) is 7.05 Å². The van der Waals surface area contributed by atoms with Crippen LogP contribution in [0.3, 0.4) is 0 Å². The van der Waals surface area contributed by atoms with Crippen LogP contribution in [-0.2, 0) is 0 Å². The van der Waals surface area contributed by atoms with Gasteiger partial charge in [-0.3, -0.25) is 15.3 Å². The zero-order valence-electron chi connectivity index (χ0n) is 5.18. The second kappa shape index (κ2) is 4.04. The lowest BCUT2D eigenvalue weighted by Gasteiger charge is -2.06. The Kier molecular flexibility index (Phi) is 4.09. The lowest BCUT2D eigenvalue weighted by molar-refractivity contribution is 0.724. The Morgan fingerprint density at radius 1 is 1.75 bits per heavy atom. The van der Waals surface area contributed by atoms with Gasteiger partial charge in [0.15, 0.2) is 0 Å². The molecule has 0 saturated carbocycles. The van der Waals surface area contributed by atoms with E-state index in [-0.39, 0.29) is 6.17 Å². The lowest BCUT2D eigenvalue weighted by atomic mass is 10.7. The minimum atomic E-state index is -1.18. The Labute approximate surface area is 50.2 Å². The predicted molar refractivity (Wildman–Crippen MR) is 37.6 cm³/mol. The molecule has 5 heteroatoms. The van der Waals surface area contributed by atoms with Crippen molar-refractivity contribution in [2.45, 2.75) is 13.1 Å². The van der Waals surface area contributed by atoms with Crippen molar-refractivity contribution < 1.29 is 0 Å². The molecule has 2 unspecified atom stereocenters. The van der Waals surface area contributed by atoms with E-state index in [1.807, 2.05) is 6.92 Å². The van der Waals surface area contributed by atoms with Crippen molar-refractivity contribution in [3.63, 3.8) is 0 Å². The average molecular weight is 136 g/mol. The summed E-state index contributed by atoms with van der Waals surface area (Å²) in [7, 11) is 0.506. The van der Waals surface area contributed by atoms with E-state index in [0.717, 1.165) is 0 Å². The van der Waals surface area contributed by atoms with E-state index in [0.29, 0.717) is 0 Å². The predicted octanol–water partition coefficient (Wildman–Crippen LogP) is -0.303. The van der Waals surface area contributed by atoms with Crippen LogP contribution in [0.4, 0.5) is 0 Å². The Bertz CT molecular complexity index is 89.3. The van der Waals surface area contributed by atoms with Crippen LogP contribution in [0, 0.1) is 0 Å². The van der Waals surface area contributed by atoms with E-state index in [4.69, 9.17) is 11.2 Å². The Morgan fingerprint density at radius 3 is 2.38 bits per heavy atom. The van der Waals surface area contributed by atoms with Gasteiger partial charge in [0.2, 0.25) is 0 Å². The van der Waals surface area contributed by atoms with Crippen molar-refractivity contribution >= 4 is 8.01 Å². The monoisotopic (exact) mass is 136 g/mol. The Hall–Kier alpha value is 0.110. The topological polar surface area (TPSA) is 76.4 Å². The smallest absolute Gasteiger partial charge is 0.0774 e. The van der Waals surface area contributed by atoms with Gasteiger partial charge < -0.3 is 5.73 Å². The summed E-state index contributed by atoms with van der Waals surface area (Å²) in [4.78, 5) is 0. The molecule has 0 fully saturated rings. The maximum Gasteiger partial charge on any atom is 0.0774 e. The molecule has 0 saturated heterocycles. The van der Waals surface area contributed by atoms with E-state index >= 15 is 0 Å². The molecule has 8 heavy (non-hydrogen) atoms. The molecular weight excluding hydrogens is 123 g/mol. The average Bonchev–Trinajstić information content (AvgIpc) is 1.65. The first-order chi connectivity index (χ1) is 3.66. The van der Waals surface area contributed by atoms with E-state index in [1.165, 1.54) is 0 Å². The van der Waals surface area contributed by atoms with Crippen molar-refractivity contribution in [1.82, 2.24) is 5.09 Å². The largest absolute Gasteiger partial charge is 0.316 e.